The highest BCUT2D eigenvalue weighted by Gasteiger charge is 2.06. The molecule has 0 fully saturated rings. The van der Waals surface area contributed by atoms with Crippen LogP contribution in [0.3, 0.4) is 0 Å². The van der Waals surface area contributed by atoms with Crippen LogP contribution < -0.4 is 5.73 Å². The SMILES string of the molecule is Cn1ncc2c(Cl)c(CN)ccc21. The monoisotopic (exact) mass is 195 g/mol. The summed E-state index contributed by atoms with van der Waals surface area (Å²) in [5.74, 6) is 0. The van der Waals surface area contributed by atoms with Crippen molar-refractivity contribution in [2.45, 2.75) is 6.54 Å². The van der Waals surface area contributed by atoms with Crippen LogP contribution in [0.2, 0.25) is 5.02 Å². The number of nitrogens with two attached hydrogens (primary N) is 1. The van der Waals surface area contributed by atoms with E-state index < -0.39 is 0 Å². The molecule has 0 aliphatic heterocycles. The van der Waals surface area contributed by atoms with Gasteiger partial charge in [0.1, 0.15) is 0 Å². The van der Waals surface area contributed by atoms with Gasteiger partial charge < -0.3 is 5.73 Å². The van der Waals surface area contributed by atoms with Crippen LogP contribution in [0, 0.1) is 0 Å². The van der Waals surface area contributed by atoms with Gasteiger partial charge in [-0.2, -0.15) is 5.10 Å². The fraction of sp³-hybridized carbons (Fsp3) is 0.222. The summed E-state index contributed by atoms with van der Waals surface area (Å²) < 4.78 is 1.79. The lowest BCUT2D eigenvalue weighted by Gasteiger charge is -2.01. The molecule has 0 amide bonds. The third-order valence-electron chi connectivity index (χ3n) is 2.17. The van der Waals surface area contributed by atoms with Crippen molar-refractivity contribution in [3.63, 3.8) is 0 Å². The Morgan fingerprint density at radius 3 is 3.00 bits per heavy atom. The Kier molecular flexibility index (Phi) is 1.98. The lowest BCUT2D eigenvalue weighted by Crippen LogP contribution is -1.97. The zero-order valence-electron chi connectivity index (χ0n) is 7.29. The maximum Gasteiger partial charge on any atom is 0.0694 e. The molecule has 0 unspecified atom stereocenters. The third kappa shape index (κ3) is 1.20. The summed E-state index contributed by atoms with van der Waals surface area (Å²) in [6.07, 6.45) is 1.76. The smallest absolute Gasteiger partial charge is 0.0694 e. The summed E-state index contributed by atoms with van der Waals surface area (Å²) in [4.78, 5) is 0. The minimum absolute atomic E-state index is 0.462. The minimum Gasteiger partial charge on any atom is -0.326 e. The van der Waals surface area contributed by atoms with Crippen molar-refractivity contribution in [1.29, 1.82) is 0 Å². The number of rotatable bonds is 1. The molecular weight excluding hydrogens is 186 g/mol. The van der Waals surface area contributed by atoms with Gasteiger partial charge in [0.15, 0.2) is 0 Å². The van der Waals surface area contributed by atoms with E-state index in [-0.39, 0.29) is 0 Å². The molecule has 0 atom stereocenters. The molecule has 1 aromatic carbocycles. The van der Waals surface area contributed by atoms with E-state index in [0.29, 0.717) is 11.6 Å². The molecule has 0 aliphatic rings. The van der Waals surface area contributed by atoms with E-state index >= 15 is 0 Å². The number of fused-ring (bicyclic) bond motifs is 1. The number of aromatic nitrogens is 2. The first-order valence-corrected chi connectivity index (χ1v) is 4.41. The fourth-order valence-corrected chi connectivity index (χ4v) is 1.68. The van der Waals surface area contributed by atoms with Crippen molar-refractivity contribution in [3.8, 4) is 0 Å². The van der Waals surface area contributed by atoms with Gasteiger partial charge in [0, 0.05) is 19.0 Å². The predicted molar refractivity (Wildman–Crippen MR) is 53.6 cm³/mol. The van der Waals surface area contributed by atoms with E-state index in [2.05, 4.69) is 5.10 Å². The van der Waals surface area contributed by atoms with E-state index in [1.165, 1.54) is 0 Å². The van der Waals surface area contributed by atoms with Gasteiger partial charge in [-0.3, -0.25) is 4.68 Å². The first kappa shape index (κ1) is 8.53. The number of aryl methyl sites for hydroxylation is 1. The lowest BCUT2D eigenvalue weighted by atomic mass is 10.1. The van der Waals surface area contributed by atoms with Gasteiger partial charge in [-0.25, -0.2) is 0 Å². The van der Waals surface area contributed by atoms with Crippen LogP contribution >= 0.6 is 11.6 Å². The summed E-state index contributed by atoms with van der Waals surface area (Å²) in [5, 5.41) is 5.80. The molecule has 2 aromatic rings. The minimum atomic E-state index is 0.462. The van der Waals surface area contributed by atoms with E-state index in [1.807, 2.05) is 19.2 Å². The van der Waals surface area contributed by atoms with E-state index in [9.17, 15) is 0 Å². The standard InChI is InChI=1S/C9H10ClN3/c1-13-8-3-2-6(4-11)9(10)7(8)5-12-13/h2-3,5H,4,11H2,1H3. The average molecular weight is 196 g/mol. The van der Waals surface area contributed by atoms with E-state index in [4.69, 9.17) is 17.3 Å². The van der Waals surface area contributed by atoms with Crippen LogP contribution in [0.25, 0.3) is 10.9 Å². The van der Waals surface area contributed by atoms with Crippen LogP contribution in [-0.4, -0.2) is 9.78 Å². The number of nitrogens with zero attached hydrogens (tertiary/aromatic N) is 2. The van der Waals surface area contributed by atoms with Gasteiger partial charge in [-0.15, -0.1) is 0 Å². The van der Waals surface area contributed by atoms with Crippen molar-refractivity contribution in [2.75, 3.05) is 0 Å². The molecule has 4 heteroatoms. The Morgan fingerprint density at radius 2 is 2.31 bits per heavy atom. The fourth-order valence-electron chi connectivity index (χ4n) is 1.40. The number of hydrogen-bond donors (Lipinski definition) is 1. The topological polar surface area (TPSA) is 43.8 Å². The van der Waals surface area contributed by atoms with E-state index in [0.717, 1.165) is 16.5 Å². The molecule has 2 rings (SSSR count). The molecule has 1 heterocycles. The van der Waals surface area contributed by atoms with Crippen molar-refractivity contribution in [1.82, 2.24) is 9.78 Å². The molecule has 1 aromatic heterocycles. The Hall–Kier alpha value is -1.06. The molecule has 0 saturated carbocycles. The summed E-state index contributed by atoms with van der Waals surface area (Å²) in [6.45, 7) is 0.462. The second-order valence-corrected chi connectivity index (χ2v) is 3.32. The quantitative estimate of drug-likeness (QED) is 0.753. The molecule has 0 spiro atoms. The second kappa shape index (κ2) is 3.01. The van der Waals surface area contributed by atoms with Crippen molar-refractivity contribution < 1.29 is 0 Å². The van der Waals surface area contributed by atoms with Crippen LogP contribution in [0.5, 0.6) is 0 Å². The number of benzene rings is 1. The molecule has 0 radical (unpaired) electrons. The largest absolute Gasteiger partial charge is 0.326 e. The summed E-state index contributed by atoms with van der Waals surface area (Å²) in [5.41, 5.74) is 7.53. The Balaban J connectivity index is 2.80. The van der Waals surface area contributed by atoms with Gasteiger partial charge in [0.25, 0.3) is 0 Å². The third-order valence-corrected chi connectivity index (χ3v) is 2.61. The Bertz CT molecular complexity index is 447. The Labute approximate surface area is 81.1 Å². The molecule has 0 bridgehead atoms. The number of hydrogen-bond acceptors (Lipinski definition) is 2. The summed E-state index contributed by atoms with van der Waals surface area (Å²) >= 11 is 6.12. The highest BCUT2D eigenvalue weighted by atomic mass is 35.5. The maximum atomic E-state index is 6.12. The Morgan fingerprint density at radius 1 is 1.54 bits per heavy atom. The molecule has 68 valence electrons. The molecule has 13 heavy (non-hydrogen) atoms. The highest BCUT2D eigenvalue weighted by molar-refractivity contribution is 6.36. The molecule has 0 aliphatic carbocycles. The van der Waals surface area contributed by atoms with Crippen LogP contribution in [-0.2, 0) is 13.6 Å². The lowest BCUT2D eigenvalue weighted by molar-refractivity contribution is 0.797. The van der Waals surface area contributed by atoms with Crippen molar-refractivity contribution >= 4 is 22.5 Å². The molecule has 3 nitrogen and oxygen atoms in total. The van der Waals surface area contributed by atoms with Gasteiger partial charge in [-0.1, -0.05) is 17.7 Å². The first-order valence-electron chi connectivity index (χ1n) is 4.03. The zero-order valence-corrected chi connectivity index (χ0v) is 8.04. The first-order chi connectivity index (χ1) is 6.24. The van der Waals surface area contributed by atoms with Crippen LogP contribution in [0.15, 0.2) is 18.3 Å². The molecular formula is C9H10ClN3. The highest BCUT2D eigenvalue weighted by Crippen LogP contribution is 2.26. The predicted octanol–water partition coefficient (Wildman–Crippen LogP) is 1.69. The van der Waals surface area contributed by atoms with Crippen molar-refractivity contribution in [3.05, 3.63) is 28.9 Å². The van der Waals surface area contributed by atoms with E-state index in [1.54, 1.807) is 10.9 Å². The molecule has 2 N–H and O–H groups in total. The van der Waals surface area contributed by atoms with Crippen LogP contribution in [0.1, 0.15) is 5.56 Å². The maximum absolute atomic E-state index is 6.12. The average Bonchev–Trinajstić information content (AvgIpc) is 2.50. The van der Waals surface area contributed by atoms with Gasteiger partial charge in [0.05, 0.1) is 16.7 Å². The zero-order chi connectivity index (χ0) is 9.42. The van der Waals surface area contributed by atoms with Gasteiger partial charge in [-0.05, 0) is 11.6 Å². The summed E-state index contributed by atoms with van der Waals surface area (Å²) in [6, 6.07) is 3.92. The van der Waals surface area contributed by atoms with Gasteiger partial charge in [0.2, 0.25) is 0 Å². The van der Waals surface area contributed by atoms with Crippen LogP contribution in [0.4, 0.5) is 0 Å². The second-order valence-electron chi connectivity index (χ2n) is 2.94. The summed E-state index contributed by atoms with van der Waals surface area (Å²) in [7, 11) is 1.89. The van der Waals surface area contributed by atoms with Gasteiger partial charge >= 0.3 is 0 Å². The number of halogens is 1. The normalized spacial score (nSPS) is 11.0. The molecule has 0 saturated heterocycles. The van der Waals surface area contributed by atoms with Crippen molar-refractivity contribution in [2.24, 2.45) is 12.8 Å².